The van der Waals surface area contributed by atoms with Crippen LogP contribution in [0.2, 0.25) is 0 Å². The van der Waals surface area contributed by atoms with Crippen molar-refractivity contribution in [3.8, 4) is 94.7 Å². The number of hydrogen-bond donors (Lipinski definition) is 0. The molecule has 0 saturated carbocycles. The smallest absolute Gasteiger partial charge is 0.385 e. The van der Waals surface area contributed by atoms with Gasteiger partial charge in [-0.2, -0.15) is 0 Å². The minimum atomic E-state index is -0.752. The van der Waals surface area contributed by atoms with Crippen molar-refractivity contribution >= 4 is 11.9 Å². The van der Waals surface area contributed by atoms with E-state index in [9.17, 15) is 9.59 Å². The lowest BCUT2D eigenvalue weighted by Crippen LogP contribution is -2.12. The highest BCUT2D eigenvalue weighted by Crippen LogP contribution is 2.13. The third-order valence-corrected chi connectivity index (χ3v) is 5.67. The molecule has 0 N–H and O–H groups in total. The van der Waals surface area contributed by atoms with Gasteiger partial charge >= 0.3 is 11.9 Å². The fourth-order valence-electron chi connectivity index (χ4n) is 3.56. The van der Waals surface area contributed by atoms with E-state index in [4.69, 9.17) is 9.47 Å². The van der Waals surface area contributed by atoms with Crippen LogP contribution in [0.1, 0.15) is 117 Å². The van der Waals surface area contributed by atoms with Crippen molar-refractivity contribution in [3.63, 3.8) is 0 Å². The fraction of sp³-hybridized carbons (Fsp3) is 0.526. The molecule has 0 rings (SSSR count). The van der Waals surface area contributed by atoms with Crippen molar-refractivity contribution < 1.29 is 19.1 Å². The summed E-state index contributed by atoms with van der Waals surface area (Å²) in [4.78, 5) is 23.3. The second kappa shape index (κ2) is 32.6. The summed E-state index contributed by atoms with van der Waals surface area (Å²) in [5.41, 5.74) is 0. The lowest BCUT2D eigenvalue weighted by atomic mass is 10.0. The molecule has 0 radical (unpaired) electrons. The van der Waals surface area contributed by atoms with Crippen LogP contribution < -0.4 is 0 Å². The molecule has 42 heavy (non-hydrogen) atoms. The van der Waals surface area contributed by atoms with Gasteiger partial charge in [0.2, 0.25) is 0 Å². The molecule has 0 spiro atoms. The topological polar surface area (TPSA) is 52.6 Å². The Morgan fingerprint density at radius 3 is 1.24 bits per heavy atom. The molecule has 0 bridgehead atoms. The number of carbonyl (C=O) groups excluding carboxylic acids is 2. The summed E-state index contributed by atoms with van der Waals surface area (Å²) in [5, 5.41) is 0. The number of carbonyl (C=O) groups is 2. The molecule has 0 unspecified atom stereocenters. The van der Waals surface area contributed by atoms with Crippen molar-refractivity contribution in [2.24, 2.45) is 0 Å². The van der Waals surface area contributed by atoms with Gasteiger partial charge in [-0.1, -0.05) is 103 Å². The molecule has 0 aliphatic carbocycles. The van der Waals surface area contributed by atoms with Gasteiger partial charge in [0.15, 0.2) is 0 Å². The first-order chi connectivity index (χ1) is 20.7. The molecule has 0 fully saturated rings. The number of esters is 2. The van der Waals surface area contributed by atoms with Crippen molar-refractivity contribution in [2.45, 2.75) is 117 Å². The van der Waals surface area contributed by atoms with Crippen molar-refractivity contribution in [3.05, 3.63) is 0 Å². The van der Waals surface area contributed by atoms with Crippen molar-refractivity contribution in [1.29, 1.82) is 0 Å². The summed E-state index contributed by atoms with van der Waals surface area (Å²) in [6, 6.07) is 0. The molecule has 0 aliphatic heterocycles. The maximum absolute atomic E-state index is 11.8. The molecule has 0 aliphatic rings. The van der Waals surface area contributed by atoms with Gasteiger partial charge in [0.1, 0.15) is 13.2 Å². The van der Waals surface area contributed by atoms with E-state index in [0.29, 0.717) is 6.42 Å². The van der Waals surface area contributed by atoms with Crippen LogP contribution in [0.15, 0.2) is 0 Å². The normalized spacial score (nSPS) is 8.14. The van der Waals surface area contributed by atoms with E-state index >= 15 is 0 Å². The quantitative estimate of drug-likeness (QED) is 0.0793. The molecule has 0 atom stereocenters. The monoisotopic (exact) mass is 562 g/mol. The largest absolute Gasteiger partial charge is 0.462 e. The minimum absolute atomic E-state index is 0.0102. The first-order valence-corrected chi connectivity index (χ1v) is 15.0. The average molecular weight is 563 g/mol. The number of unbranched alkanes of at least 4 members (excludes halogenated alkanes) is 14. The number of ether oxygens (including phenoxy) is 2. The van der Waals surface area contributed by atoms with E-state index < -0.39 is 5.97 Å². The predicted molar refractivity (Wildman–Crippen MR) is 169 cm³/mol. The number of rotatable bonds is 19. The lowest BCUT2D eigenvalue weighted by Gasteiger charge is -2.05. The van der Waals surface area contributed by atoms with Gasteiger partial charge < -0.3 is 9.47 Å². The maximum atomic E-state index is 11.8. The molecular weight excluding hydrogens is 520 g/mol. The highest BCUT2D eigenvalue weighted by molar-refractivity contribution is 5.89. The SMILES string of the molecule is CC#CC#CC#CC#CC#CC#CC#CC#CC(=O)OCCOC(=O)CCCCCCCCCCCCCCCCC. The third kappa shape index (κ3) is 31.6. The van der Waals surface area contributed by atoms with Crippen LogP contribution in [-0.2, 0) is 19.1 Å². The molecule has 0 aromatic carbocycles. The van der Waals surface area contributed by atoms with Crippen LogP contribution in [0.4, 0.5) is 0 Å². The summed E-state index contributed by atoms with van der Waals surface area (Å²) in [6.45, 7) is 3.91. The molecule has 0 aromatic heterocycles. The second-order valence-electron chi connectivity index (χ2n) is 9.18. The van der Waals surface area contributed by atoms with Gasteiger partial charge in [0.05, 0.1) is 0 Å². The highest BCUT2D eigenvalue weighted by Gasteiger charge is 2.04. The molecular formula is C38H42O4. The summed E-state index contributed by atoms with van der Waals surface area (Å²) in [5.74, 6) is 38.5. The Labute approximate surface area is 255 Å². The Bertz CT molecular complexity index is 1290. The van der Waals surface area contributed by atoms with Gasteiger partial charge in [-0.3, -0.25) is 4.79 Å². The molecule has 0 amide bonds. The Morgan fingerprint density at radius 2 is 0.810 bits per heavy atom. The predicted octanol–water partition coefficient (Wildman–Crippen LogP) is 6.38. The van der Waals surface area contributed by atoms with E-state index in [1.54, 1.807) is 6.92 Å². The highest BCUT2D eigenvalue weighted by atomic mass is 16.6. The van der Waals surface area contributed by atoms with Gasteiger partial charge in [0.25, 0.3) is 0 Å². The van der Waals surface area contributed by atoms with Gasteiger partial charge in [-0.25, -0.2) is 4.79 Å². The van der Waals surface area contributed by atoms with Crippen LogP contribution in [0, 0.1) is 94.7 Å². The van der Waals surface area contributed by atoms with Crippen LogP contribution >= 0.6 is 0 Å². The zero-order chi connectivity index (χ0) is 30.6. The lowest BCUT2D eigenvalue weighted by molar-refractivity contribution is -0.149. The van der Waals surface area contributed by atoms with Crippen LogP contribution in [-0.4, -0.2) is 25.2 Å². The first kappa shape index (κ1) is 37.4. The molecule has 4 heteroatoms. The van der Waals surface area contributed by atoms with Gasteiger partial charge in [-0.15, -0.1) is 0 Å². The zero-order valence-corrected chi connectivity index (χ0v) is 25.4. The van der Waals surface area contributed by atoms with E-state index in [1.807, 2.05) is 0 Å². The average Bonchev–Trinajstić information content (AvgIpc) is 2.99. The molecule has 4 nitrogen and oxygen atoms in total. The van der Waals surface area contributed by atoms with Crippen LogP contribution in [0.25, 0.3) is 0 Å². The van der Waals surface area contributed by atoms with E-state index in [-0.39, 0.29) is 19.2 Å². The Morgan fingerprint density at radius 1 is 0.452 bits per heavy atom. The molecule has 218 valence electrons. The molecule has 0 saturated heterocycles. The Balaban J connectivity index is 3.73. The summed E-state index contributed by atoms with van der Waals surface area (Å²) in [7, 11) is 0. The van der Waals surface area contributed by atoms with Gasteiger partial charge in [-0.05, 0) is 96.2 Å². The summed E-state index contributed by atoms with van der Waals surface area (Å²) >= 11 is 0. The van der Waals surface area contributed by atoms with Crippen molar-refractivity contribution in [2.75, 3.05) is 13.2 Å². The van der Waals surface area contributed by atoms with E-state index in [1.165, 1.54) is 77.0 Å². The maximum Gasteiger partial charge on any atom is 0.385 e. The van der Waals surface area contributed by atoms with E-state index in [0.717, 1.165) is 19.3 Å². The Hall–Kier alpha value is -4.58. The van der Waals surface area contributed by atoms with E-state index in [2.05, 4.69) is 102 Å². The van der Waals surface area contributed by atoms with Crippen molar-refractivity contribution in [1.82, 2.24) is 0 Å². The standard InChI is InChI=1S/C38H42O4/c1-3-5-7-9-11-13-15-17-19-21-23-25-27-29-31-33-37(39)41-35-36-42-38(40)34-32-30-28-26-24-22-20-18-16-14-12-10-8-6-4-2/h3,5,7,9,11,13,15,17,19,21,23,25,27,29,31,33,35-36H2,1-2H3. The summed E-state index contributed by atoms with van der Waals surface area (Å²) in [6.07, 6.45) is 19.6. The minimum Gasteiger partial charge on any atom is -0.462 e. The van der Waals surface area contributed by atoms with Crippen LogP contribution in [0.5, 0.6) is 0 Å². The molecule has 0 aromatic rings. The number of hydrogen-bond acceptors (Lipinski definition) is 4. The zero-order valence-electron chi connectivity index (χ0n) is 25.4. The fourth-order valence-corrected chi connectivity index (χ4v) is 3.56. The third-order valence-electron chi connectivity index (χ3n) is 5.67. The van der Waals surface area contributed by atoms with Gasteiger partial charge in [0, 0.05) is 12.3 Å². The first-order valence-electron chi connectivity index (χ1n) is 15.0. The summed E-state index contributed by atoms with van der Waals surface area (Å²) < 4.78 is 9.98. The van der Waals surface area contributed by atoms with Crippen LogP contribution in [0.3, 0.4) is 0 Å². The Kier molecular flexibility index (Phi) is 29.1. The molecule has 0 heterocycles. The second-order valence-corrected chi connectivity index (χ2v) is 9.18.